The van der Waals surface area contributed by atoms with Crippen LogP contribution in [0.25, 0.3) is 0 Å². The first-order valence-electron chi connectivity index (χ1n) is 26.7. The number of carbonyl (C=O) groups excluding carboxylic acids is 5. The second-order valence-corrected chi connectivity index (χ2v) is 24.3. The van der Waals surface area contributed by atoms with E-state index in [0.717, 1.165) is 52.9 Å². The predicted molar refractivity (Wildman–Crippen MR) is 304 cm³/mol. The number of ketones is 2. The molecule has 6 rings (SSSR count). The molecule has 2 aromatic carbocycles. The van der Waals surface area contributed by atoms with E-state index in [-0.39, 0.29) is 47.6 Å². The highest BCUT2D eigenvalue weighted by atomic mass is 32.1. The molecule has 2 aromatic heterocycles. The van der Waals surface area contributed by atoms with Crippen molar-refractivity contribution in [2.45, 2.75) is 193 Å². The molecule has 2 aliphatic rings. The summed E-state index contributed by atoms with van der Waals surface area (Å²) in [5.74, 6) is -1.98. The molecule has 77 heavy (non-hydrogen) atoms. The number of nitrogens with one attached hydrogen (secondary N) is 3. The molecule has 4 aromatic rings. The third kappa shape index (κ3) is 23.0. The summed E-state index contributed by atoms with van der Waals surface area (Å²) in [5, 5.41) is 36.5. The maximum absolute atomic E-state index is 13.1. The Kier molecular flexibility index (Phi) is 24.6. The number of alkyl carbamates (subject to hydrolysis) is 2. The number of hydrogen-bond donors (Lipinski definition) is 5. The summed E-state index contributed by atoms with van der Waals surface area (Å²) < 4.78 is 10.5. The molecule has 0 saturated heterocycles. The Hall–Kier alpha value is -6.34. The SMILES string of the molecule is CC1(c2nnc(N)s2)CCC1.CC[C@H](NC(=O)OC(C)(C)C)C(=O)C[C@H](/C=C/C(=O)Nc1nnc(C2(C)CCC2)s1)CCc1ccccc1.CC[C@H](NC(=O)OC(C)(C)C)C(=O)C[C@H](/C=C/C(=O)O)CCc1ccccc1. The van der Waals surface area contributed by atoms with Crippen LogP contribution in [-0.4, -0.2) is 84.4 Å². The van der Waals surface area contributed by atoms with E-state index in [9.17, 15) is 28.8 Å². The van der Waals surface area contributed by atoms with Gasteiger partial charge in [-0.2, -0.15) is 0 Å². The number of rotatable bonds is 23. The first kappa shape index (κ1) is 63.2. The van der Waals surface area contributed by atoms with Crippen molar-refractivity contribution in [3.63, 3.8) is 0 Å². The Morgan fingerprint density at radius 3 is 1.43 bits per heavy atom. The van der Waals surface area contributed by atoms with Crippen LogP contribution >= 0.6 is 22.7 Å². The van der Waals surface area contributed by atoms with Crippen molar-refractivity contribution >= 4 is 68.6 Å². The van der Waals surface area contributed by atoms with Crippen molar-refractivity contribution in [1.82, 2.24) is 31.0 Å². The number of aryl methyl sites for hydroxylation is 2. The van der Waals surface area contributed by atoms with E-state index in [4.69, 9.17) is 20.3 Å². The molecule has 0 unspecified atom stereocenters. The molecule has 2 heterocycles. The van der Waals surface area contributed by atoms with Crippen LogP contribution in [0.4, 0.5) is 19.9 Å². The van der Waals surface area contributed by atoms with Crippen molar-refractivity contribution in [3.05, 3.63) is 106 Å². The summed E-state index contributed by atoms with van der Waals surface area (Å²) >= 11 is 2.94. The number of amides is 3. The minimum absolute atomic E-state index is 0.0720. The van der Waals surface area contributed by atoms with Gasteiger partial charge in [0.1, 0.15) is 21.2 Å². The number of benzene rings is 2. The van der Waals surface area contributed by atoms with Crippen LogP contribution in [0.2, 0.25) is 0 Å². The first-order valence-corrected chi connectivity index (χ1v) is 28.4. The van der Waals surface area contributed by atoms with Crippen LogP contribution in [0.3, 0.4) is 0 Å². The lowest BCUT2D eigenvalue weighted by Gasteiger charge is -2.35. The third-order valence-corrected chi connectivity index (χ3v) is 15.5. The average molecular weight is 1100 g/mol. The van der Waals surface area contributed by atoms with Gasteiger partial charge in [0.15, 0.2) is 11.6 Å². The monoisotopic (exact) mass is 1100 g/mol. The van der Waals surface area contributed by atoms with Gasteiger partial charge in [-0.05, 0) is 135 Å². The molecule has 0 bridgehead atoms. The Labute approximate surface area is 463 Å². The van der Waals surface area contributed by atoms with Gasteiger partial charge in [0.2, 0.25) is 16.2 Å². The van der Waals surface area contributed by atoms with Gasteiger partial charge in [-0.15, -0.1) is 20.4 Å². The minimum atomic E-state index is -1.05. The Morgan fingerprint density at radius 1 is 0.649 bits per heavy atom. The summed E-state index contributed by atoms with van der Waals surface area (Å²) in [6.45, 7) is 18.7. The number of nitrogens with zero attached hydrogens (tertiary/aromatic N) is 4. The number of carboxylic acids is 1. The number of nitrogens with two attached hydrogens (primary N) is 1. The second-order valence-electron chi connectivity index (χ2n) is 22.4. The molecule has 0 radical (unpaired) electrons. The van der Waals surface area contributed by atoms with Gasteiger partial charge in [-0.25, -0.2) is 14.4 Å². The van der Waals surface area contributed by atoms with E-state index in [1.807, 2.05) is 74.5 Å². The van der Waals surface area contributed by atoms with Crippen LogP contribution in [0.5, 0.6) is 0 Å². The molecule has 3 amide bonds. The second kappa shape index (κ2) is 30.0. The van der Waals surface area contributed by atoms with Crippen LogP contribution in [0.1, 0.15) is 167 Å². The van der Waals surface area contributed by atoms with E-state index in [0.29, 0.717) is 41.4 Å². The molecular weight excluding hydrogens is 1020 g/mol. The van der Waals surface area contributed by atoms with E-state index in [1.165, 1.54) is 54.4 Å². The van der Waals surface area contributed by atoms with Gasteiger partial charge < -0.3 is 30.9 Å². The van der Waals surface area contributed by atoms with Crippen LogP contribution < -0.4 is 21.7 Å². The Balaban J connectivity index is 0.000000285. The molecule has 2 saturated carbocycles. The average Bonchev–Trinajstić information content (AvgIpc) is 4.01. The molecule has 4 atom stereocenters. The maximum Gasteiger partial charge on any atom is 0.408 e. The molecule has 420 valence electrons. The van der Waals surface area contributed by atoms with Gasteiger partial charge in [0, 0.05) is 29.7 Å². The number of nitrogen functional groups attached to an aromatic ring is 1. The van der Waals surface area contributed by atoms with Crippen molar-refractivity contribution in [2.75, 3.05) is 11.1 Å². The largest absolute Gasteiger partial charge is 0.478 e. The zero-order valence-corrected chi connectivity index (χ0v) is 48.3. The molecular formula is C58H82N8O9S2. The Bertz CT molecular complexity index is 2580. The molecule has 0 aliphatic heterocycles. The topological polar surface area (TPSA) is 255 Å². The number of carbonyl (C=O) groups is 6. The maximum atomic E-state index is 13.1. The van der Waals surface area contributed by atoms with Crippen molar-refractivity contribution < 1.29 is 43.3 Å². The number of carboxylic acid groups (broad SMARTS) is 1. The number of anilines is 2. The summed E-state index contributed by atoms with van der Waals surface area (Å²) in [6, 6.07) is 18.5. The van der Waals surface area contributed by atoms with Crippen LogP contribution in [-0.2, 0) is 52.3 Å². The first-order chi connectivity index (χ1) is 36.3. The fourth-order valence-corrected chi connectivity index (χ4v) is 10.2. The number of allylic oxidation sites excluding steroid dienone is 2. The van der Waals surface area contributed by atoms with Gasteiger partial charge >= 0.3 is 18.2 Å². The molecule has 19 heteroatoms. The highest BCUT2D eigenvalue weighted by Gasteiger charge is 2.38. The standard InChI is InChI=1S/C29H40N4O4S.C22H31NO5.C7H11N3S/c1-6-22(30-27(36)37-28(2,3)4)23(34)19-21(14-13-20-11-8-7-9-12-20)15-16-24(35)31-26-33-32-25(38-26)29(5)17-10-18-29;1-5-18(23-21(27)28-22(2,3)4)19(24)15-17(13-14-20(25)26)12-11-16-9-7-6-8-10-16;1-7(3-2-4-7)5-9-10-6(8)11-5/h7-9,11-12,15-16,21-22H,6,10,13-14,17-19H2,1-5H3,(H,30,36)(H,31,33,35);6-10,13-14,17-18H,5,11-12,15H2,1-4H3,(H,23,27)(H,25,26);2-4H2,1H3,(H2,8,10)/b16-15+;14-13+;/t21-,22-;17-,18-;/m00./s1. The number of ether oxygens (including phenoxy) is 2. The fourth-order valence-electron chi connectivity index (χ4n) is 8.47. The van der Waals surface area contributed by atoms with Crippen molar-refractivity contribution in [1.29, 1.82) is 0 Å². The molecule has 2 aliphatic carbocycles. The lowest BCUT2D eigenvalue weighted by atomic mass is 9.71. The predicted octanol–water partition coefficient (Wildman–Crippen LogP) is 11.7. The van der Waals surface area contributed by atoms with E-state index in [2.05, 4.69) is 50.2 Å². The smallest absolute Gasteiger partial charge is 0.408 e. The summed E-state index contributed by atoms with van der Waals surface area (Å²) in [4.78, 5) is 73.6. The number of aromatic nitrogens is 4. The van der Waals surface area contributed by atoms with Gasteiger partial charge in [0.05, 0.1) is 12.1 Å². The summed E-state index contributed by atoms with van der Waals surface area (Å²) in [5.41, 5.74) is 6.86. The zero-order chi connectivity index (χ0) is 56.8. The lowest BCUT2D eigenvalue weighted by molar-refractivity contribution is -0.131. The van der Waals surface area contributed by atoms with Crippen LogP contribution in [0, 0.1) is 11.8 Å². The number of aliphatic carboxylic acids is 1. The van der Waals surface area contributed by atoms with E-state index >= 15 is 0 Å². The molecule has 2 fully saturated rings. The summed E-state index contributed by atoms with van der Waals surface area (Å²) in [6.07, 6.45) is 15.9. The van der Waals surface area contributed by atoms with Crippen molar-refractivity contribution in [3.8, 4) is 0 Å². The van der Waals surface area contributed by atoms with Gasteiger partial charge in [-0.3, -0.25) is 19.7 Å². The summed E-state index contributed by atoms with van der Waals surface area (Å²) in [7, 11) is 0. The molecule has 6 N–H and O–H groups in total. The minimum Gasteiger partial charge on any atom is -0.478 e. The van der Waals surface area contributed by atoms with E-state index in [1.54, 1.807) is 53.7 Å². The van der Waals surface area contributed by atoms with Gasteiger partial charge in [0.25, 0.3) is 0 Å². The fraction of sp³-hybridized carbons (Fsp3) is 0.552. The zero-order valence-electron chi connectivity index (χ0n) is 46.7. The molecule has 0 spiro atoms. The van der Waals surface area contributed by atoms with Crippen LogP contribution in [0.15, 0.2) is 85.0 Å². The highest BCUT2D eigenvalue weighted by Crippen LogP contribution is 2.45. The normalized spacial score (nSPS) is 16.1. The highest BCUT2D eigenvalue weighted by molar-refractivity contribution is 7.15. The Morgan fingerprint density at radius 2 is 1.06 bits per heavy atom. The number of Topliss-reactive ketones (excluding diaryl/α,β-unsaturated/α-hetero) is 2. The lowest BCUT2D eigenvalue weighted by Crippen LogP contribution is -2.43. The third-order valence-electron chi connectivity index (χ3n) is 13.3. The van der Waals surface area contributed by atoms with Gasteiger partial charge in [-0.1, -0.05) is 136 Å². The molecule has 17 nitrogen and oxygen atoms in total. The van der Waals surface area contributed by atoms with E-state index < -0.39 is 41.4 Å². The van der Waals surface area contributed by atoms with Crippen molar-refractivity contribution in [2.24, 2.45) is 11.8 Å². The number of hydrogen-bond acceptors (Lipinski definition) is 15. The quantitative estimate of drug-likeness (QED) is 0.0433.